The SMILES string of the molecule is COC(=O)c1sccc1NC(=O)CN1CCC(CN)C1.Cl. The van der Waals surface area contributed by atoms with Crippen molar-refractivity contribution >= 4 is 41.3 Å². The second-order valence-electron chi connectivity index (χ2n) is 4.83. The Hall–Kier alpha value is -1.15. The van der Waals surface area contributed by atoms with Crippen LogP contribution >= 0.6 is 23.7 Å². The van der Waals surface area contributed by atoms with Gasteiger partial charge in [-0.3, -0.25) is 9.69 Å². The molecule has 0 aliphatic carbocycles. The van der Waals surface area contributed by atoms with E-state index in [0.29, 0.717) is 29.6 Å². The van der Waals surface area contributed by atoms with Crippen LogP contribution in [0.25, 0.3) is 0 Å². The number of halogens is 1. The number of anilines is 1. The molecule has 1 aromatic heterocycles. The number of carbonyl (C=O) groups is 2. The lowest BCUT2D eigenvalue weighted by molar-refractivity contribution is -0.117. The Morgan fingerprint density at radius 1 is 1.57 bits per heavy atom. The van der Waals surface area contributed by atoms with Crippen molar-refractivity contribution in [2.75, 3.05) is 38.6 Å². The second kappa shape index (κ2) is 8.33. The van der Waals surface area contributed by atoms with Crippen LogP contribution in [0.5, 0.6) is 0 Å². The first-order valence-electron chi connectivity index (χ1n) is 6.52. The lowest BCUT2D eigenvalue weighted by Crippen LogP contribution is -2.32. The number of esters is 1. The van der Waals surface area contributed by atoms with Crippen molar-refractivity contribution in [1.82, 2.24) is 4.90 Å². The third-order valence-electron chi connectivity index (χ3n) is 3.38. The quantitative estimate of drug-likeness (QED) is 0.790. The molecule has 1 aliphatic rings. The highest BCUT2D eigenvalue weighted by Gasteiger charge is 2.23. The van der Waals surface area contributed by atoms with Crippen LogP contribution in [0.4, 0.5) is 5.69 Å². The van der Waals surface area contributed by atoms with E-state index < -0.39 is 5.97 Å². The van der Waals surface area contributed by atoms with Crippen LogP contribution in [0.1, 0.15) is 16.1 Å². The average Bonchev–Trinajstić information content (AvgIpc) is 3.07. The smallest absolute Gasteiger partial charge is 0.350 e. The summed E-state index contributed by atoms with van der Waals surface area (Å²) >= 11 is 1.25. The first kappa shape index (κ1) is 17.9. The van der Waals surface area contributed by atoms with Crippen molar-refractivity contribution in [3.63, 3.8) is 0 Å². The van der Waals surface area contributed by atoms with E-state index in [4.69, 9.17) is 5.73 Å². The van der Waals surface area contributed by atoms with Gasteiger partial charge in [-0.05, 0) is 36.9 Å². The van der Waals surface area contributed by atoms with Crippen molar-refractivity contribution < 1.29 is 14.3 Å². The Kier molecular flexibility index (Phi) is 7.10. The summed E-state index contributed by atoms with van der Waals surface area (Å²) in [5, 5.41) is 4.52. The van der Waals surface area contributed by atoms with E-state index in [1.165, 1.54) is 18.4 Å². The van der Waals surface area contributed by atoms with Crippen LogP contribution in [0.2, 0.25) is 0 Å². The lowest BCUT2D eigenvalue weighted by Gasteiger charge is -2.15. The molecule has 8 heteroatoms. The Morgan fingerprint density at radius 3 is 2.95 bits per heavy atom. The van der Waals surface area contributed by atoms with E-state index in [-0.39, 0.29) is 18.3 Å². The van der Waals surface area contributed by atoms with Crippen LogP contribution in [0.3, 0.4) is 0 Å². The van der Waals surface area contributed by atoms with Gasteiger partial charge >= 0.3 is 5.97 Å². The molecule has 1 atom stereocenters. The third kappa shape index (κ3) is 4.67. The molecule has 0 radical (unpaired) electrons. The molecule has 3 N–H and O–H groups in total. The maximum atomic E-state index is 12.0. The zero-order chi connectivity index (χ0) is 14.5. The van der Waals surface area contributed by atoms with Crippen molar-refractivity contribution in [2.24, 2.45) is 11.7 Å². The minimum absolute atomic E-state index is 0. The number of thiophene rings is 1. The summed E-state index contributed by atoms with van der Waals surface area (Å²) < 4.78 is 4.67. The predicted octanol–water partition coefficient (Wildman–Crippen LogP) is 1.18. The van der Waals surface area contributed by atoms with E-state index in [9.17, 15) is 9.59 Å². The number of amides is 1. The monoisotopic (exact) mass is 333 g/mol. The molecule has 1 unspecified atom stereocenters. The zero-order valence-corrected chi connectivity index (χ0v) is 13.5. The van der Waals surface area contributed by atoms with Gasteiger partial charge in [-0.15, -0.1) is 23.7 Å². The van der Waals surface area contributed by atoms with Gasteiger partial charge in [-0.2, -0.15) is 0 Å². The number of methoxy groups -OCH3 is 1. The van der Waals surface area contributed by atoms with Crippen LogP contribution in [0, 0.1) is 5.92 Å². The van der Waals surface area contributed by atoms with Gasteiger partial charge in [0.05, 0.1) is 19.3 Å². The highest BCUT2D eigenvalue weighted by molar-refractivity contribution is 7.12. The van der Waals surface area contributed by atoms with E-state index in [1.807, 2.05) is 0 Å². The topological polar surface area (TPSA) is 84.7 Å². The number of hydrogen-bond acceptors (Lipinski definition) is 6. The number of ether oxygens (including phenoxy) is 1. The van der Waals surface area contributed by atoms with E-state index in [2.05, 4.69) is 15.0 Å². The van der Waals surface area contributed by atoms with Crippen molar-refractivity contribution in [3.8, 4) is 0 Å². The Labute approximate surface area is 134 Å². The molecule has 1 aliphatic heterocycles. The van der Waals surface area contributed by atoms with Crippen LogP contribution < -0.4 is 11.1 Å². The maximum Gasteiger partial charge on any atom is 0.350 e. The van der Waals surface area contributed by atoms with E-state index in [0.717, 1.165) is 19.5 Å². The summed E-state index contributed by atoms with van der Waals surface area (Å²) in [6, 6.07) is 1.71. The lowest BCUT2D eigenvalue weighted by atomic mass is 10.1. The molecule has 118 valence electrons. The standard InChI is InChI=1S/C13H19N3O3S.ClH/c1-19-13(18)12-10(3-5-20-12)15-11(17)8-16-4-2-9(6-14)7-16;/h3,5,9H,2,4,6-8,14H2,1H3,(H,15,17);1H. The Bertz CT molecular complexity index is 495. The molecule has 0 saturated carbocycles. The number of likely N-dealkylation sites (tertiary alicyclic amines) is 1. The van der Waals surface area contributed by atoms with E-state index >= 15 is 0 Å². The Morgan fingerprint density at radius 2 is 2.33 bits per heavy atom. The fraction of sp³-hybridized carbons (Fsp3) is 0.538. The van der Waals surface area contributed by atoms with Crippen LogP contribution in [0.15, 0.2) is 11.4 Å². The first-order chi connectivity index (χ1) is 9.63. The Balaban J connectivity index is 0.00000220. The minimum Gasteiger partial charge on any atom is -0.465 e. The number of nitrogens with one attached hydrogen (secondary N) is 1. The summed E-state index contributed by atoms with van der Waals surface area (Å²) in [4.78, 5) is 26.0. The minimum atomic E-state index is -0.431. The number of hydrogen-bond donors (Lipinski definition) is 2. The van der Waals surface area contributed by atoms with Crippen molar-refractivity contribution in [1.29, 1.82) is 0 Å². The molecule has 1 aromatic rings. The van der Waals surface area contributed by atoms with Gasteiger partial charge in [0.2, 0.25) is 5.91 Å². The van der Waals surface area contributed by atoms with Gasteiger partial charge in [-0.1, -0.05) is 0 Å². The normalized spacial score (nSPS) is 18.1. The highest BCUT2D eigenvalue weighted by atomic mass is 35.5. The summed E-state index contributed by atoms with van der Waals surface area (Å²) in [5.41, 5.74) is 6.14. The molecule has 21 heavy (non-hydrogen) atoms. The van der Waals surface area contributed by atoms with Gasteiger partial charge < -0.3 is 15.8 Å². The molecule has 0 spiro atoms. The average molecular weight is 334 g/mol. The highest BCUT2D eigenvalue weighted by Crippen LogP contribution is 2.23. The van der Waals surface area contributed by atoms with Gasteiger partial charge in [0.1, 0.15) is 4.88 Å². The molecule has 2 rings (SSSR count). The van der Waals surface area contributed by atoms with Crippen LogP contribution in [-0.4, -0.2) is 50.1 Å². The number of rotatable bonds is 5. The van der Waals surface area contributed by atoms with Crippen molar-refractivity contribution in [3.05, 3.63) is 16.3 Å². The summed E-state index contributed by atoms with van der Waals surface area (Å²) in [6.45, 7) is 2.74. The summed E-state index contributed by atoms with van der Waals surface area (Å²) in [7, 11) is 1.32. The molecular weight excluding hydrogens is 314 g/mol. The molecule has 1 saturated heterocycles. The van der Waals surface area contributed by atoms with E-state index in [1.54, 1.807) is 11.4 Å². The first-order valence-corrected chi connectivity index (χ1v) is 7.40. The number of nitrogens with zero attached hydrogens (tertiary/aromatic N) is 1. The van der Waals surface area contributed by atoms with Gasteiger partial charge in [0.25, 0.3) is 0 Å². The third-order valence-corrected chi connectivity index (χ3v) is 4.28. The van der Waals surface area contributed by atoms with Gasteiger partial charge in [0, 0.05) is 6.54 Å². The second-order valence-corrected chi connectivity index (χ2v) is 5.74. The van der Waals surface area contributed by atoms with Crippen molar-refractivity contribution in [2.45, 2.75) is 6.42 Å². The molecule has 1 fully saturated rings. The molecule has 0 bridgehead atoms. The number of carbonyl (C=O) groups excluding carboxylic acids is 2. The largest absolute Gasteiger partial charge is 0.465 e. The fourth-order valence-corrected chi connectivity index (χ4v) is 3.07. The number of nitrogens with two attached hydrogens (primary N) is 1. The van der Waals surface area contributed by atoms with Gasteiger partial charge in [-0.25, -0.2) is 4.79 Å². The zero-order valence-electron chi connectivity index (χ0n) is 11.8. The fourth-order valence-electron chi connectivity index (χ4n) is 2.30. The van der Waals surface area contributed by atoms with Gasteiger partial charge in [0.15, 0.2) is 0 Å². The maximum absolute atomic E-state index is 12.0. The molecule has 0 aromatic carbocycles. The molecule has 2 heterocycles. The summed E-state index contributed by atoms with van der Waals surface area (Å²) in [6.07, 6.45) is 1.04. The predicted molar refractivity (Wildman–Crippen MR) is 85.1 cm³/mol. The summed E-state index contributed by atoms with van der Waals surface area (Å²) in [5.74, 6) is -0.0690. The molecule has 6 nitrogen and oxygen atoms in total. The molecule has 1 amide bonds. The molecular formula is C13H20ClN3O3S. The van der Waals surface area contributed by atoms with Crippen LogP contribution in [-0.2, 0) is 9.53 Å².